The maximum absolute atomic E-state index is 14.0. The first-order chi connectivity index (χ1) is 15.3. The third kappa shape index (κ3) is 5.42. The third-order valence-electron chi connectivity index (χ3n) is 4.67. The van der Waals surface area contributed by atoms with E-state index in [9.17, 15) is 23.5 Å². The molecule has 0 aliphatic rings. The molecule has 0 aliphatic carbocycles. The van der Waals surface area contributed by atoms with Gasteiger partial charge in [0.1, 0.15) is 17.4 Å². The molecule has 0 aliphatic heterocycles. The van der Waals surface area contributed by atoms with Gasteiger partial charge in [0, 0.05) is 17.1 Å². The summed E-state index contributed by atoms with van der Waals surface area (Å²) < 4.78 is 33.5. The minimum absolute atomic E-state index is 0.0285. The molecule has 3 aromatic rings. The van der Waals surface area contributed by atoms with Crippen molar-refractivity contribution in [3.05, 3.63) is 87.9 Å². The van der Waals surface area contributed by atoms with Crippen LogP contribution in [0.5, 0.6) is 5.75 Å². The standard InChI is InChI=1S/C24H20ClF2NO4/c1-2-9-32-22-8-4-14(15-3-7-20(26)19(11-15)24(30)31)10-16(22)13-28-23(29)18-6-5-17(25)12-21(18)27/h3-8,10-12H,2,9,13H2,1H3,(H,28,29)(H,30,31). The first kappa shape index (κ1) is 23.2. The highest BCUT2D eigenvalue weighted by molar-refractivity contribution is 6.30. The summed E-state index contributed by atoms with van der Waals surface area (Å²) in [6, 6.07) is 12.7. The van der Waals surface area contributed by atoms with Crippen molar-refractivity contribution in [1.82, 2.24) is 5.32 Å². The molecule has 2 N–H and O–H groups in total. The Balaban J connectivity index is 1.90. The quantitative estimate of drug-likeness (QED) is 0.453. The van der Waals surface area contributed by atoms with Crippen molar-refractivity contribution in [1.29, 1.82) is 0 Å². The molecule has 0 spiro atoms. The Kier molecular flexibility index (Phi) is 7.43. The summed E-state index contributed by atoms with van der Waals surface area (Å²) in [4.78, 5) is 23.7. The summed E-state index contributed by atoms with van der Waals surface area (Å²) in [5, 5.41) is 12.0. The van der Waals surface area contributed by atoms with Crippen LogP contribution in [0.15, 0.2) is 54.6 Å². The zero-order valence-electron chi connectivity index (χ0n) is 17.1. The van der Waals surface area contributed by atoms with Gasteiger partial charge in [-0.2, -0.15) is 0 Å². The van der Waals surface area contributed by atoms with Crippen molar-refractivity contribution >= 4 is 23.5 Å². The molecule has 0 saturated heterocycles. The molecule has 8 heteroatoms. The summed E-state index contributed by atoms with van der Waals surface area (Å²) >= 11 is 5.73. The Morgan fingerprint density at radius 3 is 2.38 bits per heavy atom. The van der Waals surface area contributed by atoms with E-state index < -0.39 is 29.1 Å². The molecule has 0 saturated carbocycles. The molecule has 0 unspecified atom stereocenters. The van der Waals surface area contributed by atoms with Crippen molar-refractivity contribution < 1.29 is 28.2 Å². The predicted octanol–water partition coefficient (Wildman–Crippen LogP) is 5.70. The van der Waals surface area contributed by atoms with Crippen LogP contribution in [0.2, 0.25) is 5.02 Å². The van der Waals surface area contributed by atoms with E-state index in [4.69, 9.17) is 16.3 Å². The Labute approximate surface area is 188 Å². The van der Waals surface area contributed by atoms with Crippen molar-refractivity contribution in [2.75, 3.05) is 6.61 Å². The van der Waals surface area contributed by atoms with E-state index in [-0.39, 0.29) is 17.1 Å². The third-order valence-corrected chi connectivity index (χ3v) is 4.90. The van der Waals surface area contributed by atoms with Crippen molar-refractivity contribution in [2.24, 2.45) is 0 Å². The second kappa shape index (κ2) is 10.2. The van der Waals surface area contributed by atoms with Crippen LogP contribution >= 0.6 is 11.6 Å². The van der Waals surface area contributed by atoms with E-state index >= 15 is 0 Å². The zero-order chi connectivity index (χ0) is 23.3. The summed E-state index contributed by atoms with van der Waals surface area (Å²) in [6.07, 6.45) is 0.767. The van der Waals surface area contributed by atoms with E-state index in [1.807, 2.05) is 6.92 Å². The van der Waals surface area contributed by atoms with E-state index in [1.54, 1.807) is 18.2 Å². The van der Waals surface area contributed by atoms with Gasteiger partial charge in [0.15, 0.2) is 0 Å². The molecule has 0 aromatic heterocycles. The van der Waals surface area contributed by atoms with Crippen molar-refractivity contribution in [3.63, 3.8) is 0 Å². The molecule has 32 heavy (non-hydrogen) atoms. The van der Waals surface area contributed by atoms with Gasteiger partial charge in [-0.1, -0.05) is 30.7 Å². The predicted molar refractivity (Wildman–Crippen MR) is 117 cm³/mol. The average molecular weight is 460 g/mol. The second-order valence-electron chi connectivity index (χ2n) is 6.98. The van der Waals surface area contributed by atoms with E-state index in [1.165, 1.54) is 24.3 Å². The van der Waals surface area contributed by atoms with Crippen LogP contribution in [0.25, 0.3) is 11.1 Å². The molecular weight excluding hydrogens is 440 g/mol. The SMILES string of the molecule is CCCOc1ccc(-c2ccc(F)c(C(=O)O)c2)cc1CNC(=O)c1ccc(Cl)cc1F. The number of carboxylic acid groups (broad SMARTS) is 1. The Bertz CT molecular complexity index is 1170. The van der Waals surface area contributed by atoms with Gasteiger partial charge >= 0.3 is 5.97 Å². The smallest absolute Gasteiger partial charge is 0.338 e. The van der Waals surface area contributed by atoms with Gasteiger partial charge in [0.25, 0.3) is 5.91 Å². The number of nitrogens with one attached hydrogen (secondary N) is 1. The first-order valence-corrected chi connectivity index (χ1v) is 10.2. The monoisotopic (exact) mass is 459 g/mol. The number of ether oxygens (including phenoxy) is 1. The number of hydrogen-bond donors (Lipinski definition) is 2. The first-order valence-electron chi connectivity index (χ1n) is 9.82. The van der Waals surface area contributed by atoms with Crippen LogP contribution in [0, 0.1) is 11.6 Å². The molecule has 1 amide bonds. The van der Waals surface area contributed by atoms with E-state index in [0.29, 0.717) is 29.0 Å². The highest BCUT2D eigenvalue weighted by atomic mass is 35.5. The normalized spacial score (nSPS) is 10.6. The van der Waals surface area contributed by atoms with Gasteiger partial charge in [0.05, 0.1) is 17.7 Å². The van der Waals surface area contributed by atoms with E-state index in [0.717, 1.165) is 18.6 Å². The maximum Gasteiger partial charge on any atom is 0.338 e. The molecule has 0 fully saturated rings. The van der Waals surface area contributed by atoms with Gasteiger partial charge in [-0.15, -0.1) is 0 Å². The van der Waals surface area contributed by atoms with Crippen LogP contribution < -0.4 is 10.1 Å². The number of hydrogen-bond acceptors (Lipinski definition) is 3. The number of halogens is 3. The Morgan fingerprint density at radius 2 is 1.69 bits per heavy atom. The molecule has 3 rings (SSSR count). The number of benzene rings is 3. The summed E-state index contributed by atoms with van der Waals surface area (Å²) in [5.41, 5.74) is 1.10. The van der Waals surface area contributed by atoms with Gasteiger partial charge in [-0.05, 0) is 60.0 Å². The fourth-order valence-electron chi connectivity index (χ4n) is 3.06. The van der Waals surface area contributed by atoms with Crippen LogP contribution in [-0.4, -0.2) is 23.6 Å². The lowest BCUT2D eigenvalue weighted by atomic mass is 10.00. The van der Waals surface area contributed by atoms with Crippen LogP contribution in [0.3, 0.4) is 0 Å². The molecule has 0 bridgehead atoms. The number of carbonyl (C=O) groups excluding carboxylic acids is 1. The van der Waals surface area contributed by atoms with Gasteiger partial charge in [-0.25, -0.2) is 13.6 Å². The van der Waals surface area contributed by atoms with Crippen LogP contribution in [0.1, 0.15) is 39.6 Å². The topological polar surface area (TPSA) is 75.6 Å². The van der Waals surface area contributed by atoms with Crippen molar-refractivity contribution in [2.45, 2.75) is 19.9 Å². The fourth-order valence-corrected chi connectivity index (χ4v) is 3.22. The molecular formula is C24H20ClF2NO4. The van der Waals surface area contributed by atoms with Gasteiger partial charge in [0.2, 0.25) is 0 Å². The minimum Gasteiger partial charge on any atom is -0.493 e. The molecule has 0 atom stereocenters. The number of amides is 1. The maximum atomic E-state index is 14.0. The highest BCUT2D eigenvalue weighted by Gasteiger charge is 2.15. The molecule has 0 heterocycles. The average Bonchev–Trinajstić information content (AvgIpc) is 2.76. The molecule has 5 nitrogen and oxygen atoms in total. The zero-order valence-corrected chi connectivity index (χ0v) is 17.9. The van der Waals surface area contributed by atoms with Gasteiger partial charge < -0.3 is 15.2 Å². The van der Waals surface area contributed by atoms with Crippen molar-refractivity contribution in [3.8, 4) is 16.9 Å². The van der Waals surface area contributed by atoms with Crippen LogP contribution in [-0.2, 0) is 6.54 Å². The Morgan fingerprint density at radius 1 is 0.969 bits per heavy atom. The summed E-state index contributed by atoms with van der Waals surface area (Å²) in [5.74, 6) is -3.04. The number of carboxylic acids is 1. The highest BCUT2D eigenvalue weighted by Crippen LogP contribution is 2.28. The summed E-state index contributed by atoms with van der Waals surface area (Å²) in [7, 11) is 0. The lowest BCUT2D eigenvalue weighted by Gasteiger charge is -2.14. The largest absolute Gasteiger partial charge is 0.493 e. The number of rotatable bonds is 8. The molecule has 0 radical (unpaired) electrons. The van der Waals surface area contributed by atoms with Crippen LogP contribution in [0.4, 0.5) is 8.78 Å². The number of aromatic carboxylic acids is 1. The second-order valence-corrected chi connectivity index (χ2v) is 7.41. The summed E-state index contributed by atoms with van der Waals surface area (Å²) in [6.45, 7) is 2.43. The fraction of sp³-hybridized carbons (Fsp3) is 0.167. The lowest BCUT2D eigenvalue weighted by molar-refractivity contribution is 0.0691. The lowest BCUT2D eigenvalue weighted by Crippen LogP contribution is -2.24. The van der Waals surface area contributed by atoms with E-state index in [2.05, 4.69) is 5.32 Å². The van der Waals surface area contributed by atoms with Gasteiger partial charge in [-0.3, -0.25) is 4.79 Å². The molecule has 166 valence electrons. The Hall–Kier alpha value is -3.45. The number of carbonyl (C=O) groups is 2. The molecule has 3 aromatic carbocycles. The minimum atomic E-state index is -1.37.